The van der Waals surface area contributed by atoms with Crippen molar-refractivity contribution in [1.29, 1.82) is 5.26 Å². The summed E-state index contributed by atoms with van der Waals surface area (Å²) in [7, 11) is 0. The molecule has 0 bridgehead atoms. The normalized spacial score (nSPS) is 11.0. The van der Waals surface area contributed by atoms with E-state index >= 15 is 0 Å². The highest BCUT2D eigenvalue weighted by molar-refractivity contribution is 9.10. The summed E-state index contributed by atoms with van der Waals surface area (Å²) in [6.07, 6.45) is 1.42. The maximum absolute atomic E-state index is 13.1. The van der Waals surface area contributed by atoms with Gasteiger partial charge in [0.05, 0.1) is 11.1 Å². The van der Waals surface area contributed by atoms with Gasteiger partial charge in [-0.2, -0.15) is 5.26 Å². The van der Waals surface area contributed by atoms with Gasteiger partial charge in [-0.25, -0.2) is 4.39 Å². The van der Waals surface area contributed by atoms with E-state index < -0.39 is 11.7 Å². The van der Waals surface area contributed by atoms with Crippen molar-refractivity contribution in [3.63, 3.8) is 0 Å². The summed E-state index contributed by atoms with van der Waals surface area (Å²) < 4.78 is 25.3. The SMILES string of the molecule is CCOc1cc(/C=C(/C#N)C(=O)Nc2ccc(F)cc2)cc(Br)c1OCc1ccc(Cl)cc1Cl. The van der Waals surface area contributed by atoms with Crippen molar-refractivity contribution in [2.24, 2.45) is 0 Å². The number of hydrogen-bond acceptors (Lipinski definition) is 4. The second kappa shape index (κ2) is 11.9. The first-order chi connectivity index (χ1) is 16.3. The third-order valence-corrected chi connectivity index (χ3v) is 5.67. The maximum atomic E-state index is 13.1. The zero-order chi connectivity index (χ0) is 24.7. The number of carbonyl (C=O) groups is 1. The van der Waals surface area contributed by atoms with Gasteiger partial charge >= 0.3 is 0 Å². The van der Waals surface area contributed by atoms with Crippen molar-refractivity contribution in [2.45, 2.75) is 13.5 Å². The molecule has 0 aromatic heterocycles. The zero-order valence-corrected chi connectivity index (χ0v) is 21.0. The third-order valence-electron chi connectivity index (χ3n) is 4.50. The van der Waals surface area contributed by atoms with E-state index in [1.807, 2.05) is 13.0 Å². The molecule has 0 saturated carbocycles. The molecule has 3 aromatic carbocycles. The van der Waals surface area contributed by atoms with E-state index in [-0.39, 0.29) is 12.2 Å². The molecule has 0 atom stereocenters. The first-order valence-electron chi connectivity index (χ1n) is 10.0. The van der Waals surface area contributed by atoms with Gasteiger partial charge in [0.15, 0.2) is 11.5 Å². The summed E-state index contributed by atoms with van der Waals surface area (Å²) in [5, 5.41) is 13.1. The molecule has 0 aliphatic heterocycles. The molecule has 0 unspecified atom stereocenters. The van der Waals surface area contributed by atoms with E-state index in [0.717, 1.165) is 5.56 Å². The Kier molecular flexibility index (Phi) is 8.94. The van der Waals surface area contributed by atoms with Gasteiger partial charge in [0.25, 0.3) is 5.91 Å². The molecule has 3 rings (SSSR count). The lowest BCUT2D eigenvalue weighted by Gasteiger charge is -2.15. The van der Waals surface area contributed by atoms with E-state index in [1.54, 1.807) is 30.3 Å². The van der Waals surface area contributed by atoms with E-state index in [2.05, 4.69) is 21.2 Å². The minimum atomic E-state index is -0.624. The molecule has 0 aliphatic rings. The molecule has 0 heterocycles. The number of hydrogen-bond donors (Lipinski definition) is 1. The first kappa shape index (κ1) is 25.6. The molecule has 34 heavy (non-hydrogen) atoms. The van der Waals surface area contributed by atoms with E-state index in [1.165, 1.54) is 30.3 Å². The van der Waals surface area contributed by atoms with Gasteiger partial charge in [-0.05, 0) is 83.0 Å². The number of nitriles is 1. The molecule has 174 valence electrons. The molecule has 0 radical (unpaired) electrons. The Balaban J connectivity index is 1.85. The number of benzene rings is 3. The van der Waals surface area contributed by atoms with Gasteiger partial charge < -0.3 is 14.8 Å². The van der Waals surface area contributed by atoms with Crippen LogP contribution in [0.15, 0.2) is 64.6 Å². The fourth-order valence-corrected chi connectivity index (χ4v) is 3.95. The van der Waals surface area contributed by atoms with Crippen molar-refractivity contribution in [2.75, 3.05) is 11.9 Å². The largest absolute Gasteiger partial charge is 0.490 e. The second-order valence-corrected chi connectivity index (χ2v) is 8.62. The number of ether oxygens (including phenoxy) is 2. The number of carbonyl (C=O) groups excluding carboxylic acids is 1. The summed E-state index contributed by atoms with van der Waals surface area (Å²) in [6.45, 7) is 2.37. The molecule has 1 amide bonds. The highest BCUT2D eigenvalue weighted by atomic mass is 79.9. The monoisotopic (exact) mass is 562 g/mol. The minimum absolute atomic E-state index is 0.139. The number of rotatable bonds is 8. The average Bonchev–Trinajstić information content (AvgIpc) is 2.79. The summed E-state index contributed by atoms with van der Waals surface area (Å²) in [5.74, 6) is -0.187. The summed E-state index contributed by atoms with van der Waals surface area (Å²) in [4.78, 5) is 12.5. The summed E-state index contributed by atoms with van der Waals surface area (Å²) >= 11 is 15.6. The quantitative estimate of drug-likeness (QED) is 0.229. The molecule has 0 fully saturated rings. The van der Waals surface area contributed by atoms with Gasteiger partial charge in [0, 0.05) is 21.3 Å². The Morgan fingerprint density at radius 1 is 1.15 bits per heavy atom. The van der Waals surface area contributed by atoms with Crippen LogP contribution in [0.2, 0.25) is 10.0 Å². The third kappa shape index (κ3) is 6.73. The van der Waals surface area contributed by atoms with Gasteiger partial charge in [0.1, 0.15) is 24.1 Å². The van der Waals surface area contributed by atoms with Crippen LogP contribution in [0.25, 0.3) is 6.08 Å². The van der Waals surface area contributed by atoms with Crippen molar-refractivity contribution in [3.05, 3.63) is 91.6 Å². The van der Waals surface area contributed by atoms with Crippen molar-refractivity contribution in [1.82, 2.24) is 0 Å². The Bertz CT molecular complexity index is 1270. The Labute approximate surface area is 214 Å². The van der Waals surface area contributed by atoms with Crippen LogP contribution in [0.5, 0.6) is 11.5 Å². The van der Waals surface area contributed by atoms with Crippen molar-refractivity contribution >= 4 is 56.8 Å². The van der Waals surface area contributed by atoms with E-state index in [4.69, 9.17) is 32.7 Å². The van der Waals surface area contributed by atoms with Crippen LogP contribution in [0.3, 0.4) is 0 Å². The fraction of sp³-hybridized carbons (Fsp3) is 0.120. The fourth-order valence-electron chi connectivity index (χ4n) is 2.91. The van der Waals surface area contributed by atoms with Crippen molar-refractivity contribution in [3.8, 4) is 17.6 Å². The second-order valence-electron chi connectivity index (χ2n) is 6.92. The number of halogens is 4. The van der Waals surface area contributed by atoms with Crippen LogP contribution >= 0.6 is 39.1 Å². The van der Waals surface area contributed by atoms with Crippen LogP contribution < -0.4 is 14.8 Å². The van der Waals surface area contributed by atoms with Crippen molar-refractivity contribution < 1.29 is 18.7 Å². The highest BCUT2D eigenvalue weighted by Crippen LogP contribution is 2.38. The van der Waals surface area contributed by atoms with Gasteiger partial charge in [-0.3, -0.25) is 4.79 Å². The van der Waals surface area contributed by atoms with Crippen LogP contribution in [0.1, 0.15) is 18.1 Å². The minimum Gasteiger partial charge on any atom is -0.490 e. The van der Waals surface area contributed by atoms with Gasteiger partial charge in [-0.15, -0.1) is 0 Å². The number of nitrogens with one attached hydrogen (secondary N) is 1. The maximum Gasteiger partial charge on any atom is 0.266 e. The number of anilines is 1. The predicted molar refractivity (Wildman–Crippen MR) is 135 cm³/mol. The first-order valence-corrected chi connectivity index (χ1v) is 11.6. The van der Waals surface area contributed by atoms with Crippen LogP contribution in [-0.2, 0) is 11.4 Å². The highest BCUT2D eigenvalue weighted by Gasteiger charge is 2.15. The lowest BCUT2D eigenvalue weighted by molar-refractivity contribution is -0.112. The molecule has 0 spiro atoms. The summed E-state index contributed by atoms with van der Waals surface area (Å²) in [6, 6.07) is 15.6. The van der Waals surface area contributed by atoms with E-state index in [0.29, 0.717) is 43.9 Å². The Morgan fingerprint density at radius 2 is 1.88 bits per heavy atom. The Morgan fingerprint density at radius 3 is 2.53 bits per heavy atom. The van der Waals surface area contributed by atoms with E-state index in [9.17, 15) is 14.4 Å². The molecule has 3 aromatic rings. The van der Waals surface area contributed by atoms with Crippen LogP contribution in [0, 0.1) is 17.1 Å². The number of nitrogens with zero attached hydrogens (tertiary/aromatic N) is 1. The molecular weight excluding hydrogens is 546 g/mol. The molecular formula is C25H18BrCl2FN2O3. The van der Waals surface area contributed by atoms with Crippen LogP contribution in [-0.4, -0.2) is 12.5 Å². The molecule has 1 N–H and O–H groups in total. The van der Waals surface area contributed by atoms with Crippen LogP contribution in [0.4, 0.5) is 10.1 Å². The lowest BCUT2D eigenvalue weighted by atomic mass is 10.1. The molecule has 0 saturated heterocycles. The van der Waals surface area contributed by atoms with Gasteiger partial charge in [-0.1, -0.05) is 29.3 Å². The standard InChI is InChI=1S/C25H18BrCl2FN2O3/c1-2-33-23-11-15(9-17(13-30)25(32)31-20-7-5-19(29)6-8-20)10-21(26)24(23)34-14-16-3-4-18(27)12-22(16)28/h3-12H,2,14H2,1H3,(H,31,32)/b17-9-. The Hall–Kier alpha value is -3.05. The van der Waals surface area contributed by atoms with Gasteiger partial charge in [0.2, 0.25) is 0 Å². The average molecular weight is 564 g/mol. The zero-order valence-electron chi connectivity index (χ0n) is 17.9. The number of amides is 1. The smallest absolute Gasteiger partial charge is 0.266 e. The summed E-state index contributed by atoms with van der Waals surface area (Å²) in [5.41, 5.74) is 1.51. The molecule has 5 nitrogen and oxygen atoms in total. The lowest BCUT2D eigenvalue weighted by Crippen LogP contribution is -2.13. The molecule has 9 heteroatoms. The predicted octanol–water partition coefficient (Wildman–Crippen LogP) is 7.42. The molecule has 0 aliphatic carbocycles. The topological polar surface area (TPSA) is 71.3 Å².